The third kappa shape index (κ3) is 9.06. The minimum Gasteiger partial charge on any atom is -0.508 e. The van der Waals surface area contributed by atoms with Crippen LogP contribution >= 0.6 is 30.3 Å². The highest BCUT2D eigenvalue weighted by Gasteiger charge is 2.27. The summed E-state index contributed by atoms with van der Waals surface area (Å²) in [6, 6.07) is 8.03. The summed E-state index contributed by atoms with van der Waals surface area (Å²) in [5, 5.41) is 23.9. The zero-order chi connectivity index (χ0) is 29.0. The van der Waals surface area contributed by atoms with E-state index in [9.17, 15) is 32.8 Å². The molecule has 2 aromatic carbocycles. The molecule has 0 fully saturated rings. The number of phenols is 1. The van der Waals surface area contributed by atoms with Crippen molar-refractivity contribution in [1.82, 2.24) is 15.2 Å². The molecule has 0 saturated carbocycles. The van der Waals surface area contributed by atoms with Gasteiger partial charge >= 0.3 is 5.97 Å². The summed E-state index contributed by atoms with van der Waals surface area (Å²) in [4.78, 5) is 27.3. The van der Waals surface area contributed by atoms with Crippen LogP contribution in [0.25, 0.3) is 0 Å². The highest BCUT2D eigenvalue weighted by molar-refractivity contribution is 7.88. The van der Waals surface area contributed by atoms with Gasteiger partial charge in [-0.15, -0.1) is 4.83 Å². The summed E-state index contributed by atoms with van der Waals surface area (Å²) in [6.07, 6.45) is 3.93. The number of carboxylic acid groups (broad SMARTS) is 1. The number of benzene rings is 2. The number of halogens is 2. The molecule has 3 rings (SSSR count). The van der Waals surface area contributed by atoms with E-state index >= 15 is 0 Å². The number of carbonyl (C=O) groups excluding carboxylic acids is 1. The highest BCUT2D eigenvalue weighted by atomic mass is 35.5. The molecule has 1 amide bonds. The summed E-state index contributed by atoms with van der Waals surface area (Å²) in [6.45, 7) is 2.23. The predicted octanol–water partition coefficient (Wildman–Crippen LogP) is 3.23. The minimum absolute atomic E-state index is 0.0165. The second-order valence-corrected chi connectivity index (χ2v) is 15.2. The normalized spacial score (nSPS) is 16.7. The third-order valence-electron chi connectivity index (χ3n) is 6.12. The molecule has 2 aromatic rings. The molecule has 0 aliphatic carbocycles. The van der Waals surface area contributed by atoms with Gasteiger partial charge in [0.1, 0.15) is 18.9 Å². The fraction of sp³-hybridized carbons (Fsp3) is 0.360. The van der Waals surface area contributed by atoms with E-state index in [1.54, 1.807) is 18.8 Å². The van der Waals surface area contributed by atoms with E-state index in [2.05, 4.69) is 10.1 Å². The Bertz CT molecular complexity index is 1430. The number of amides is 1. The highest BCUT2D eigenvalue weighted by Crippen LogP contribution is 2.41. The Kier molecular flexibility index (Phi) is 10.3. The van der Waals surface area contributed by atoms with Crippen LogP contribution < -0.4 is 15.5 Å². The van der Waals surface area contributed by atoms with Gasteiger partial charge in [-0.1, -0.05) is 47.0 Å². The van der Waals surface area contributed by atoms with Crippen LogP contribution in [0, 0.1) is 0 Å². The van der Waals surface area contributed by atoms with Crippen molar-refractivity contribution in [3.05, 3.63) is 69.2 Å². The van der Waals surface area contributed by atoms with Crippen molar-refractivity contribution in [2.24, 2.45) is 0 Å². The number of aliphatic carboxylic acids is 1. The lowest BCUT2D eigenvalue weighted by molar-refractivity contribution is -0.139. The quantitative estimate of drug-likeness (QED) is 0.221. The standard InChI is InChI=1S/C25H30Cl2N3O7PS/c1-38(35,19-7-3-6-18(31)14-19)10-8-16-11-20(26)23(21(27)12-16)24(32)28-22(25(33)34)13-17-5-4-9-30(15-17)29-39(2,36)37/h3,5-7,11-12,14,22,29,31H,4,8-10,13,15H2,1-2H3,(H,28,32)(H,33,34)/t22-,38?/m0/s1. The van der Waals surface area contributed by atoms with Crippen molar-refractivity contribution >= 4 is 57.5 Å². The molecule has 14 heteroatoms. The monoisotopic (exact) mass is 617 g/mol. The van der Waals surface area contributed by atoms with Gasteiger partial charge in [-0.25, -0.2) is 18.2 Å². The molecule has 10 nitrogen and oxygen atoms in total. The number of aromatic hydroxyl groups is 1. The maximum absolute atomic E-state index is 13.2. The number of carboxylic acids is 1. The van der Waals surface area contributed by atoms with Crippen LogP contribution in [-0.4, -0.2) is 73.7 Å². The Morgan fingerprint density at radius 1 is 1.18 bits per heavy atom. The lowest BCUT2D eigenvalue weighted by atomic mass is 10.0. The first-order valence-corrected chi connectivity index (χ1v) is 16.9. The van der Waals surface area contributed by atoms with Crippen LogP contribution in [0.1, 0.15) is 28.8 Å². The third-order valence-corrected chi connectivity index (χ3v) is 9.76. The second-order valence-electron chi connectivity index (χ2n) is 9.53. The molecule has 39 heavy (non-hydrogen) atoms. The first kappa shape index (κ1) is 31.1. The number of sulfonamides is 1. The Morgan fingerprint density at radius 3 is 2.44 bits per heavy atom. The fourth-order valence-corrected chi connectivity index (χ4v) is 7.29. The molecule has 1 aliphatic heterocycles. The van der Waals surface area contributed by atoms with E-state index in [4.69, 9.17) is 23.2 Å². The van der Waals surface area contributed by atoms with Gasteiger partial charge < -0.3 is 20.1 Å². The number of rotatable bonds is 11. The maximum atomic E-state index is 13.2. The molecular weight excluding hydrogens is 588 g/mol. The second kappa shape index (κ2) is 12.8. The minimum atomic E-state index is -3.48. The summed E-state index contributed by atoms with van der Waals surface area (Å²) in [5.41, 5.74) is 1.21. The molecule has 0 bridgehead atoms. The molecule has 1 heterocycles. The number of hydrogen-bond donors (Lipinski definition) is 4. The van der Waals surface area contributed by atoms with Gasteiger partial charge in [0, 0.05) is 31.0 Å². The Labute approximate surface area is 237 Å². The number of carbonyl (C=O) groups is 2. The molecule has 0 aromatic heterocycles. The van der Waals surface area contributed by atoms with E-state index in [0.29, 0.717) is 35.8 Å². The van der Waals surface area contributed by atoms with Crippen LogP contribution in [0.3, 0.4) is 0 Å². The van der Waals surface area contributed by atoms with Gasteiger partial charge in [0.25, 0.3) is 5.91 Å². The smallest absolute Gasteiger partial charge is 0.326 e. The molecule has 0 saturated heterocycles. The average Bonchev–Trinajstić information content (AvgIpc) is 2.81. The van der Waals surface area contributed by atoms with Crippen LogP contribution in [0.2, 0.25) is 10.0 Å². The largest absolute Gasteiger partial charge is 0.508 e. The van der Waals surface area contributed by atoms with Crippen molar-refractivity contribution in [1.29, 1.82) is 0 Å². The summed E-state index contributed by atoms with van der Waals surface area (Å²) in [5.74, 6) is -2.02. The van der Waals surface area contributed by atoms with Crippen molar-refractivity contribution in [2.75, 3.05) is 32.2 Å². The maximum Gasteiger partial charge on any atom is 0.326 e. The molecular formula is C25H30Cl2N3O7PS. The van der Waals surface area contributed by atoms with Crippen molar-refractivity contribution in [2.45, 2.75) is 25.3 Å². The van der Waals surface area contributed by atoms with E-state index in [1.807, 2.05) is 6.08 Å². The molecule has 1 aliphatic rings. The fourth-order valence-electron chi connectivity index (χ4n) is 4.21. The lowest BCUT2D eigenvalue weighted by Crippen LogP contribution is -2.46. The predicted molar refractivity (Wildman–Crippen MR) is 152 cm³/mol. The molecule has 1 unspecified atom stereocenters. The summed E-state index contributed by atoms with van der Waals surface area (Å²) < 4.78 is 36.2. The zero-order valence-corrected chi connectivity index (χ0v) is 24.6. The Balaban J connectivity index is 1.69. The zero-order valence-electron chi connectivity index (χ0n) is 21.4. The number of hydrogen-bond acceptors (Lipinski definition) is 7. The SMILES string of the molecule is CP(=O)(CCc1cc(Cl)c(C(=O)N[C@@H](CC2=CCCN(NS(C)(=O)=O)C2)C(=O)O)c(Cl)c1)c1cccc(O)c1. The van der Waals surface area contributed by atoms with E-state index < -0.39 is 35.1 Å². The molecule has 4 N–H and O–H groups in total. The Morgan fingerprint density at radius 2 is 1.85 bits per heavy atom. The molecule has 2 atom stereocenters. The first-order chi connectivity index (χ1) is 18.1. The summed E-state index contributed by atoms with van der Waals surface area (Å²) >= 11 is 12.7. The Hall–Kier alpha value is -2.40. The van der Waals surface area contributed by atoms with Gasteiger partial charge in [-0.2, -0.15) is 0 Å². The first-order valence-electron chi connectivity index (χ1n) is 11.9. The van der Waals surface area contributed by atoms with Gasteiger partial charge in [0.05, 0.1) is 21.9 Å². The van der Waals surface area contributed by atoms with Crippen LogP contribution in [0.15, 0.2) is 48.0 Å². The van der Waals surface area contributed by atoms with Gasteiger partial charge in [-0.3, -0.25) is 4.79 Å². The van der Waals surface area contributed by atoms with Crippen molar-refractivity contribution in [3.8, 4) is 5.75 Å². The molecule has 0 spiro atoms. The van der Waals surface area contributed by atoms with Crippen LogP contribution in [-0.2, 0) is 25.8 Å². The summed E-state index contributed by atoms with van der Waals surface area (Å²) in [7, 11) is -6.28. The number of aryl methyl sites for hydroxylation is 1. The van der Waals surface area contributed by atoms with Crippen molar-refractivity contribution < 1.29 is 32.8 Å². The van der Waals surface area contributed by atoms with Gasteiger partial charge in [0.15, 0.2) is 0 Å². The van der Waals surface area contributed by atoms with Gasteiger partial charge in [-0.05, 0) is 49.3 Å². The van der Waals surface area contributed by atoms with Crippen LogP contribution in [0.5, 0.6) is 5.75 Å². The molecule has 0 radical (unpaired) electrons. The van der Waals surface area contributed by atoms with Gasteiger partial charge in [0.2, 0.25) is 10.0 Å². The topological polar surface area (TPSA) is 153 Å². The number of nitrogens with one attached hydrogen (secondary N) is 2. The number of hydrazine groups is 1. The lowest BCUT2D eigenvalue weighted by Gasteiger charge is -2.28. The number of nitrogens with zero attached hydrogens (tertiary/aromatic N) is 1. The van der Waals surface area contributed by atoms with E-state index in [0.717, 1.165) is 6.26 Å². The van der Waals surface area contributed by atoms with E-state index in [-0.39, 0.29) is 40.5 Å². The van der Waals surface area contributed by atoms with Crippen LogP contribution in [0.4, 0.5) is 0 Å². The molecule has 212 valence electrons. The van der Waals surface area contributed by atoms with Crippen molar-refractivity contribution in [3.63, 3.8) is 0 Å². The number of phenolic OH excluding ortho intramolecular Hbond substituents is 1. The average molecular weight is 618 g/mol. The van der Waals surface area contributed by atoms with E-state index in [1.165, 1.54) is 29.3 Å².